The smallest absolute Gasteiger partial charge is 0.236 e. The molecular formula is C17H29N3O3. The third-order valence-electron chi connectivity index (χ3n) is 5.69. The van der Waals surface area contributed by atoms with Crippen molar-refractivity contribution >= 4 is 11.8 Å². The molecule has 0 aromatic carbocycles. The first-order chi connectivity index (χ1) is 11.2. The zero-order valence-electron chi connectivity index (χ0n) is 13.9. The molecule has 1 aliphatic carbocycles. The molecule has 0 bridgehead atoms. The van der Waals surface area contributed by atoms with E-state index in [0.29, 0.717) is 19.0 Å². The Balaban J connectivity index is 1.38. The van der Waals surface area contributed by atoms with Gasteiger partial charge in [-0.1, -0.05) is 6.42 Å². The van der Waals surface area contributed by atoms with Gasteiger partial charge < -0.3 is 15.3 Å². The van der Waals surface area contributed by atoms with Crippen molar-refractivity contribution in [2.24, 2.45) is 11.8 Å². The Morgan fingerprint density at radius 3 is 2.39 bits per heavy atom. The van der Waals surface area contributed by atoms with E-state index in [1.165, 1.54) is 6.42 Å². The van der Waals surface area contributed by atoms with Crippen LogP contribution in [0.3, 0.4) is 0 Å². The number of amides is 2. The summed E-state index contributed by atoms with van der Waals surface area (Å²) in [4.78, 5) is 28.5. The van der Waals surface area contributed by atoms with Crippen molar-refractivity contribution in [1.82, 2.24) is 15.1 Å². The van der Waals surface area contributed by atoms with Gasteiger partial charge in [0.05, 0.1) is 6.54 Å². The Hall–Kier alpha value is -1.14. The highest BCUT2D eigenvalue weighted by Crippen LogP contribution is 2.26. The van der Waals surface area contributed by atoms with Crippen LogP contribution in [0.4, 0.5) is 0 Å². The van der Waals surface area contributed by atoms with Gasteiger partial charge in [-0.05, 0) is 51.1 Å². The molecule has 23 heavy (non-hydrogen) atoms. The minimum Gasteiger partial charge on any atom is -0.396 e. The lowest BCUT2D eigenvalue weighted by Gasteiger charge is -2.31. The van der Waals surface area contributed by atoms with Crippen molar-refractivity contribution in [3.05, 3.63) is 0 Å². The number of likely N-dealkylation sites (tertiary alicyclic amines) is 2. The summed E-state index contributed by atoms with van der Waals surface area (Å²) in [6.45, 7) is 3.93. The molecule has 2 N–H and O–H groups in total. The van der Waals surface area contributed by atoms with Crippen molar-refractivity contribution in [2.45, 2.75) is 44.6 Å². The minimum absolute atomic E-state index is 0.132. The van der Waals surface area contributed by atoms with Crippen molar-refractivity contribution in [3.8, 4) is 0 Å². The topological polar surface area (TPSA) is 72.9 Å². The van der Waals surface area contributed by atoms with Crippen LogP contribution in [-0.2, 0) is 9.59 Å². The van der Waals surface area contributed by atoms with Crippen molar-refractivity contribution in [1.29, 1.82) is 0 Å². The predicted octanol–water partition coefficient (Wildman–Crippen LogP) is 0.208. The van der Waals surface area contributed by atoms with Gasteiger partial charge in [-0.3, -0.25) is 14.5 Å². The fraction of sp³-hybridized carbons (Fsp3) is 0.882. The lowest BCUT2D eigenvalue weighted by molar-refractivity contribution is -0.132. The van der Waals surface area contributed by atoms with E-state index in [2.05, 4.69) is 10.2 Å². The van der Waals surface area contributed by atoms with Crippen LogP contribution in [0, 0.1) is 11.8 Å². The van der Waals surface area contributed by atoms with Crippen LogP contribution in [0.1, 0.15) is 38.5 Å². The maximum atomic E-state index is 12.4. The SMILES string of the molecule is O=C(NC1CCN(C(=O)CN2CCC(CO)CC2)C1)C1CCC1. The zero-order chi connectivity index (χ0) is 16.2. The van der Waals surface area contributed by atoms with Gasteiger partial charge in [0.1, 0.15) is 0 Å². The maximum absolute atomic E-state index is 12.4. The van der Waals surface area contributed by atoms with Gasteiger partial charge >= 0.3 is 0 Å². The number of hydrogen-bond donors (Lipinski definition) is 2. The van der Waals surface area contributed by atoms with Gasteiger partial charge in [0.15, 0.2) is 0 Å². The van der Waals surface area contributed by atoms with Gasteiger partial charge in [-0.25, -0.2) is 0 Å². The van der Waals surface area contributed by atoms with Crippen LogP contribution >= 0.6 is 0 Å². The van der Waals surface area contributed by atoms with E-state index in [4.69, 9.17) is 5.11 Å². The molecule has 2 aliphatic heterocycles. The van der Waals surface area contributed by atoms with E-state index < -0.39 is 0 Å². The van der Waals surface area contributed by atoms with E-state index in [9.17, 15) is 9.59 Å². The number of carbonyl (C=O) groups is 2. The van der Waals surface area contributed by atoms with Crippen LogP contribution in [-0.4, -0.2) is 72.1 Å². The second-order valence-electron chi connectivity index (χ2n) is 7.36. The highest BCUT2D eigenvalue weighted by atomic mass is 16.3. The van der Waals surface area contributed by atoms with E-state index in [-0.39, 0.29) is 30.4 Å². The Labute approximate surface area is 138 Å². The lowest BCUT2D eigenvalue weighted by atomic mass is 9.84. The lowest BCUT2D eigenvalue weighted by Crippen LogP contribution is -2.45. The average Bonchev–Trinajstić information content (AvgIpc) is 2.94. The number of aliphatic hydroxyl groups is 1. The molecule has 2 heterocycles. The average molecular weight is 323 g/mol. The number of aliphatic hydroxyl groups excluding tert-OH is 1. The molecule has 6 nitrogen and oxygen atoms in total. The van der Waals surface area contributed by atoms with E-state index in [0.717, 1.165) is 51.7 Å². The van der Waals surface area contributed by atoms with Crippen molar-refractivity contribution < 1.29 is 14.7 Å². The number of hydrogen-bond acceptors (Lipinski definition) is 4. The molecule has 1 saturated carbocycles. The second kappa shape index (κ2) is 7.62. The summed E-state index contributed by atoms with van der Waals surface area (Å²) in [6.07, 6.45) is 6.03. The molecule has 1 unspecified atom stereocenters. The Kier molecular flexibility index (Phi) is 5.54. The van der Waals surface area contributed by atoms with E-state index in [1.54, 1.807) is 0 Å². The molecule has 3 fully saturated rings. The summed E-state index contributed by atoms with van der Waals surface area (Å²) in [5, 5.41) is 12.3. The van der Waals surface area contributed by atoms with Crippen LogP contribution in [0.2, 0.25) is 0 Å². The molecule has 2 saturated heterocycles. The van der Waals surface area contributed by atoms with E-state index >= 15 is 0 Å². The van der Waals surface area contributed by atoms with Gasteiger partial charge in [0.25, 0.3) is 0 Å². The van der Waals surface area contributed by atoms with E-state index in [1.807, 2.05) is 4.90 Å². The molecule has 0 aromatic heterocycles. The molecule has 0 radical (unpaired) electrons. The number of carbonyl (C=O) groups excluding carboxylic acids is 2. The Morgan fingerprint density at radius 2 is 1.78 bits per heavy atom. The summed E-state index contributed by atoms with van der Waals surface area (Å²) in [5.41, 5.74) is 0. The number of nitrogens with zero attached hydrogens (tertiary/aromatic N) is 2. The summed E-state index contributed by atoms with van der Waals surface area (Å²) in [7, 11) is 0. The normalized spacial score (nSPS) is 27.0. The first kappa shape index (κ1) is 16.7. The maximum Gasteiger partial charge on any atom is 0.236 e. The molecule has 3 rings (SSSR count). The van der Waals surface area contributed by atoms with Gasteiger partial charge in [0.2, 0.25) is 11.8 Å². The summed E-state index contributed by atoms with van der Waals surface area (Å²) in [6, 6.07) is 0.132. The zero-order valence-corrected chi connectivity index (χ0v) is 13.9. The molecule has 1 atom stereocenters. The summed E-state index contributed by atoms with van der Waals surface area (Å²) < 4.78 is 0. The monoisotopic (exact) mass is 323 g/mol. The van der Waals surface area contributed by atoms with Crippen molar-refractivity contribution in [2.75, 3.05) is 39.3 Å². The molecule has 6 heteroatoms. The van der Waals surface area contributed by atoms with Crippen LogP contribution in [0.25, 0.3) is 0 Å². The highest BCUT2D eigenvalue weighted by Gasteiger charge is 2.32. The number of piperidine rings is 1. The fourth-order valence-electron chi connectivity index (χ4n) is 3.71. The van der Waals surface area contributed by atoms with Gasteiger partial charge in [0, 0.05) is 31.7 Å². The van der Waals surface area contributed by atoms with Gasteiger partial charge in [-0.15, -0.1) is 0 Å². The molecule has 2 amide bonds. The fourth-order valence-corrected chi connectivity index (χ4v) is 3.71. The first-order valence-electron chi connectivity index (χ1n) is 9.07. The highest BCUT2D eigenvalue weighted by molar-refractivity contribution is 5.81. The number of nitrogens with one attached hydrogen (secondary N) is 1. The Bertz CT molecular complexity index is 431. The molecule has 3 aliphatic rings. The van der Waals surface area contributed by atoms with Crippen molar-refractivity contribution in [3.63, 3.8) is 0 Å². The first-order valence-corrected chi connectivity index (χ1v) is 9.07. The Morgan fingerprint density at radius 1 is 1.04 bits per heavy atom. The molecular weight excluding hydrogens is 294 g/mol. The predicted molar refractivity (Wildman–Crippen MR) is 86.7 cm³/mol. The summed E-state index contributed by atoms with van der Waals surface area (Å²) >= 11 is 0. The molecule has 0 spiro atoms. The third-order valence-corrected chi connectivity index (χ3v) is 5.69. The van der Waals surface area contributed by atoms with Gasteiger partial charge in [-0.2, -0.15) is 0 Å². The molecule has 0 aromatic rings. The minimum atomic E-state index is 0.132. The summed E-state index contributed by atoms with van der Waals surface area (Å²) in [5.74, 6) is 0.973. The molecule has 130 valence electrons. The van der Waals surface area contributed by atoms with Crippen LogP contribution in [0.15, 0.2) is 0 Å². The quantitative estimate of drug-likeness (QED) is 0.758. The van der Waals surface area contributed by atoms with Crippen LogP contribution < -0.4 is 5.32 Å². The third kappa shape index (κ3) is 4.23. The van der Waals surface area contributed by atoms with Crippen LogP contribution in [0.5, 0.6) is 0 Å². The number of rotatable bonds is 5. The second-order valence-corrected chi connectivity index (χ2v) is 7.36. The largest absolute Gasteiger partial charge is 0.396 e. The standard InChI is InChI=1S/C17H29N3O3/c21-12-13-4-7-19(8-5-13)11-16(22)20-9-6-15(10-20)18-17(23)14-2-1-3-14/h13-15,21H,1-12H2,(H,18,23).